The van der Waals surface area contributed by atoms with Gasteiger partial charge in [-0.2, -0.15) is 10.6 Å². The molecule has 0 saturated heterocycles. The van der Waals surface area contributed by atoms with E-state index in [1.165, 1.54) is 16.7 Å². The minimum atomic E-state index is 0. The third-order valence-corrected chi connectivity index (χ3v) is 7.81. The summed E-state index contributed by atoms with van der Waals surface area (Å²) in [7, 11) is 0. The second-order valence-electron chi connectivity index (χ2n) is 11.6. The molecule has 4 nitrogen and oxygen atoms in total. The summed E-state index contributed by atoms with van der Waals surface area (Å²) in [5, 5.41) is 20.5. The van der Waals surface area contributed by atoms with Crippen molar-refractivity contribution in [1.29, 1.82) is 0 Å². The van der Waals surface area contributed by atoms with E-state index in [2.05, 4.69) is 81.4 Å². The normalized spacial score (nSPS) is 15.8. The summed E-state index contributed by atoms with van der Waals surface area (Å²) in [6.45, 7) is 6.29. The molecule has 1 fully saturated rings. The molecule has 228 valence electrons. The van der Waals surface area contributed by atoms with E-state index in [1.54, 1.807) is 0 Å². The Labute approximate surface area is 291 Å². The van der Waals surface area contributed by atoms with E-state index in [-0.39, 0.29) is 33.8 Å². The number of benzene rings is 5. The van der Waals surface area contributed by atoms with Gasteiger partial charge in [-0.05, 0) is 69.0 Å². The molecule has 5 aromatic carbocycles. The van der Waals surface area contributed by atoms with Gasteiger partial charge in [0.05, 0.1) is 11.4 Å². The monoisotopic (exact) mass is 638 g/mol. The topological polar surface area (TPSA) is 56.4 Å². The summed E-state index contributed by atoms with van der Waals surface area (Å²) in [6.07, 6.45) is 5.78. The van der Waals surface area contributed by atoms with Crippen LogP contribution in [0.15, 0.2) is 140 Å². The predicted octanol–water partition coefficient (Wildman–Crippen LogP) is 9.06. The Bertz CT molecular complexity index is 1430. The van der Waals surface area contributed by atoms with Crippen LogP contribution in [-0.2, 0) is 21.7 Å². The summed E-state index contributed by atoms with van der Waals surface area (Å²) in [6, 6.07) is 47.4. The van der Waals surface area contributed by atoms with E-state index < -0.39 is 0 Å². The maximum Gasteiger partial charge on any atom is 2.00 e. The molecule has 46 heavy (non-hydrogen) atoms. The third-order valence-electron chi connectivity index (χ3n) is 7.81. The Morgan fingerprint density at radius 1 is 0.435 bits per heavy atom. The van der Waals surface area contributed by atoms with Crippen molar-refractivity contribution in [1.82, 2.24) is 21.3 Å². The zero-order valence-corrected chi connectivity index (χ0v) is 28.6. The Kier molecular flexibility index (Phi) is 14.1. The maximum absolute atomic E-state index is 5.28. The molecule has 0 heterocycles. The van der Waals surface area contributed by atoms with E-state index in [0.717, 1.165) is 60.5 Å². The first-order chi connectivity index (χ1) is 22.0. The van der Waals surface area contributed by atoms with Crippen molar-refractivity contribution in [3.8, 4) is 0 Å². The average Bonchev–Trinajstić information content (AvgIpc) is 3.07. The Morgan fingerprint density at radius 3 is 1.09 bits per heavy atom. The molecule has 1 aliphatic rings. The van der Waals surface area contributed by atoms with Gasteiger partial charge in [-0.15, -0.1) is 0 Å². The molecule has 1 aliphatic carbocycles. The number of para-hydroxylation sites is 2. The molecule has 0 aromatic heterocycles. The first-order valence-electron chi connectivity index (χ1n) is 15.9. The Hall–Kier alpha value is -3.67. The SMILES string of the molecule is Cc1ccc([C]([N]c2ccccc2)[N][C@@H]2CCCC[C@H]2[N][C]([N]c2ccccc2)c2ccc(C)cc2)cc1.Cc1ccccc1.[Ti+2]. The van der Waals surface area contributed by atoms with Crippen LogP contribution in [0.1, 0.15) is 53.5 Å². The van der Waals surface area contributed by atoms with Gasteiger partial charge in [0.1, 0.15) is 0 Å². The molecule has 0 aliphatic heterocycles. The standard InChI is InChI=1S/C34H34N4.C7H8.Ti/c1-25-17-21-27(22-18-25)33(35-29-11-5-3-6-12-29)37-31-15-9-10-16-32(31)38-34(28-23-19-26(2)20-24-28)36-30-13-7-4-8-14-30;1-7-5-3-2-4-6-7;/h3-8,11-14,17-24,31-32H,9-10,15-16H2,1-2H3;2-6H,1H3;/q;;+2/t31-,32-;;/m1../s1. The summed E-state index contributed by atoms with van der Waals surface area (Å²) in [4.78, 5) is 0. The van der Waals surface area contributed by atoms with Crippen LogP contribution in [0.25, 0.3) is 0 Å². The molecule has 2 atom stereocenters. The molecule has 0 unspecified atom stereocenters. The summed E-state index contributed by atoms with van der Waals surface area (Å²) in [5.74, 6) is 0. The molecular weight excluding hydrogens is 596 g/mol. The maximum atomic E-state index is 5.28. The van der Waals surface area contributed by atoms with E-state index in [0.29, 0.717) is 0 Å². The van der Waals surface area contributed by atoms with Crippen LogP contribution in [0.3, 0.4) is 0 Å². The van der Waals surface area contributed by atoms with Crippen LogP contribution in [0.2, 0.25) is 0 Å². The first kappa shape index (κ1) is 35.2. The van der Waals surface area contributed by atoms with Gasteiger partial charge in [0.15, 0.2) is 12.3 Å². The van der Waals surface area contributed by atoms with E-state index in [9.17, 15) is 0 Å². The second-order valence-corrected chi connectivity index (χ2v) is 11.6. The van der Waals surface area contributed by atoms with E-state index in [1.807, 2.05) is 78.9 Å². The molecule has 0 spiro atoms. The van der Waals surface area contributed by atoms with Crippen LogP contribution in [0.4, 0.5) is 11.4 Å². The van der Waals surface area contributed by atoms with Crippen molar-refractivity contribution in [2.45, 2.75) is 58.5 Å². The van der Waals surface area contributed by atoms with Gasteiger partial charge in [-0.3, -0.25) is 10.6 Å². The smallest absolute Gasteiger partial charge is 0.252 e. The van der Waals surface area contributed by atoms with Gasteiger partial charge in [-0.1, -0.05) is 145 Å². The Balaban J connectivity index is 0.000000532. The van der Waals surface area contributed by atoms with Gasteiger partial charge in [0.2, 0.25) is 0 Å². The van der Waals surface area contributed by atoms with E-state index >= 15 is 0 Å². The van der Waals surface area contributed by atoms with Crippen LogP contribution in [-0.4, -0.2) is 12.1 Å². The molecule has 5 heteroatoms. The van der Waals surface area contributed by atoms with Gasteiger partial charge in [0.25, 0.3) is 0 Å². The molecular formula is C41H42N4Ti+2. The fraction of sp³-hybridized carbons (Fsp3) is 0.220. The average molecular weight is 639 g/mol. The summed E-state index contributed by atoms with van der Waals surface area (Å²) < 4.78 is 0. The van der Waals surface area contributed by atoms with Crippen LogP contribution in [0, 0.1) is 33.1 Å². The summed E-state index contributed by atoms with van der Waals surface area (Å²) >= 11 is 0. The van der Waals surface area contributed by atoms with Crippen molar-refractivity contribution in [2.24, 2.45) is 0 Å². The van der Waals surface area contributed by atoms with Crippen molar-refractivity contribution in [2.75, 3.05) is 0 Å². The minimum absolute atomic E-state index is 0. The van der Waals surface area contributed by atoms with Crippen LogP contribution < -0.4 is 21.3 Å². The summed E-state index contributed by atoms with van der Waals surface area (Å²) in [5.41, 5.74) is 7.63. The quantitative estimate of drug-likeness (QED) is 0.137. The van der Waals surface area contributed by atoms with Crippen molar-refractivity contribution >= 4 is 11.4 Å². The molecule has 1 saturated carbocycles. The third kappa shape index (κ3) is 11.0. The first-order valence-corrected chi connectivity index (χ1v) is 15.9. The number of rotatable bonds is 10. The van der Waals surface area contributed by atoms with Crippen LogP contribution >= 0.6 is 0 Å². The number of nitrogens with zero attached hydrogens (tertiary/aromatic N) is 4. The fourth-order valence-electron chi connectivity index (χ4n) is 5.23. The molecule has 6 rings (SSSR count). The van der Waals surface area contributed by atoms with Gasteiger partial charge < -0.3 is 0 Å². The Morgan fingerprint density at radius 2 is 0.761 bits per heavy atom. The van der Waals surface area contributed by atoms with Crippen molar-refractivity contribution in [3.63, 3.8) is 0 Å². The predicted molar refractivity (Wildman–Crippen MR) is 185 cm³/mol. The number of hydrogen-bond donors (Lipinski definition) is 0. The number of aryl methyl sites for hydroxylation is 3. The molecule has 6 radical (unpaired) electrons. The van der Waals surface area contributed by atoms with Crippen molar-refractivity contribution < 1.29 is 21.7 Å². The molecule has 5 aromatic rings. The minimum Gasteiger partial charge on any atom is -0.252 e. The van der Waals surface area contributed by atoms with Crippen molar-refractivity contribution in [3.05, 3.63) is 180 Å². The van der Waals surface area contributed by atoms with Gasteiger partial charge >= 0.3 is 21.7 Å². The number of hydrogen-bond acceptors (Lipinski definition) is 0. The zero-order chi connectivity index (χ0) is 31.3. The second kappa shape index (κ2) is 18.5. The molecule has 0 bridgehead atoms. The van der Waals surface area contributed by atoms with Gasteiger partial charge in [-0.25, -0.2) is 0 Å². The zero-order valence-electron chi connectivity index (χ0n) is 27.1. The fourth-order valence-corrected chi connectivity index (χ4v) is 5.23. The molecule has 0 amide bonds. The van der Waals surface area contributed by atoms with E-state index in [4.69, 9.17) is 21.3 Å². The molecule has 0 N–H and O–H groups in total. The largest absolute Gasteiger partial charge is 2.00 e. The van der Waals surface area contributed by atoms with Crippen LogP contribution in [0.5, 0.6) is 0 Å². The van der Waals surface area contributed by atoms with Gasteiger partial charge in [0, 0.05) is 12.1 Å².